The first kappa shape index (κ1) is 15.8. The number of aromatic nitrogens is 2. The molecule has 0 spiro atoms. The van der Waals surface area contributed by atoms with Gasteiger partial charge in [0.05, 0.1) is 11.4 Å². The fraction of sp³-hybridized carbons (Fsp3) is 0.273. The molecule has 1 aliphatic carbocycles. The Hall–Kier alpha value is -2.68. The Morgan fingerprint density at radius 3 is 2.28 bits per heavy atom. The molecule has 1 unspecified atom stereocenters. The summed E-state index contributed by atoms with van der Waals surface area (Å²) in [4.78, 5) is 9.36. The lowest BCUT2D eigenvalue weighted by Gasteiger charge is -2.25. The average Bonchev–Trinajstić information content (AvgIpc) is 2.94. The molecular weight excluding hydrogens is 306 g/mol. The number of nitrogens with two attached hydrogens (primary N) is 1. The summed E-state index contributed by atoms with van der Waals surface area (Å²) in [5.41, 5.74) is 14.3. The van der Waals surface area contributed by atoms with Gasteiger partial charge < -0.3 is 5.73 Å². The van der Waals surface area contributed by atoms with E-state index in [1.54, 1.807) is 0 Å². The monoisotopic (exact) mass is 329 g/mol. The van der Waals surface area contributed by atoms with E-state index in [1.807, 2.05) is 0 Å². The van der Waals surface area contributed by atoms with Crippen LogP contribution < -0.4 is 5.73 Å². The van der Waals surface area contributed by atoms with Crippen molar-refractivity contribution in [3.8, 4) is 11.3 Å². The van der Waals surface area contributed by atoms with Crippen LogP contribution in [0.25, 0.3) is 11.3 Å². The maximum atomic E-state index is 6.15. The Kier molecular flexibility index (Phi) is 3.60. The van der Waals surface area contributed by atoms with Gasteiger partial charge in [0, 0.05) is 16.5 Å². The van der Waals surface area contributed by atoms with Crippen LogP contribution in [-0.2, 0) is 11.8 Å². The molecule has 0 aliphatic heterocycles. The van der Waals surface area contributed by atoms with Crippen molar-refractivity contribution in [1.82, 2.24) is 9.97 Å². The van der Waals surface area contributed by atoms with Gasteiger partial charge in [-0.25, -0.2) is 9.97 Å². The van der Waals surface area contributed by atoms with Gasteiger partial charge >= 0.3 is 0 Å². The highest BCUT2D eigenvalue weighted by Gasteiger charge is 2.39. The third kappa shape index (κ3) is 2.42. The Labute approximate surface area is 149 Å². The highest BCUT2D eigenvalue weighted by atomic mass is 15.0. The molecule has 3 aromatic rings. The number of benzene rings is 2. The summed E-state index contributed by atoms with van der Waals surface area (Å²) in [5.74, 6) is 0.362. The fourth-order valence-corrected chi connectivity index (χ4v) is 4.17. The first-order valence-electron chi connectivity index (χ1n) is 8.79. The van der Waals surface area contributed by atoms with Crippen molar-refractivity contribution in [3.05, 3.63) is 76.5 Å². The minimum atomic E-state index is -0.112. The van der Waals surface area contributed by atoms with Crippen molar-refractivity contribution < 1.29 is 0 Å². The number of nitrogen functional groups attached to an aromatic ring is 1. The summed E-state index contributed by atoms with van der Waals surface area (Å²) in [6.45, 7) is 6.55. The fourth-order valence-electron chi connectivity index (χ4n) is 4.17. The van der Waals surface area contributed by atoms with Crippen LogP contribution in [0.1, 0.15) is 41.3 Å². The molecule has 126 valence electrons. The van der Waals surface area contributed by atoms with Crippen molar-refractivity contribution in [2.75, 3.05) is 5.73 Å². The second-order valence-corrected chi connectivity index (χ2v) is 7.22. The first-order valence-corrected chi connectivity index (χ1v) is 8.79. The van der Waals surface area contributed by atoms with E-state index >= 15 is 0 Å². The number of fused-ring (bicyclic) bond motifs is 1. The zero-order valence-electron chi connectivity index (χ0n) is 15.0. The Bertz CT molecular complexity index is 927. The minimum Gasteiger partial charge on any atom is -0.368 e. The lowest BCUT2D eigenvalue weighted by atomic mass is 9.80. The lowest BCUT2D eigenvalue weighted by molar-refractivity contribution is 0.553. The van der Waals surface area contributed by atoms with E-state index in [0.717, 1.165) is 24.2 Å². The quantitative estimate of drug-likeness (QED) is 0.748. The lowest BCUT2D eigenvalue weighted by Crippen LogP contribution is -2.22. The summed E-state index contributed by atoms with van der Waals surface area (Å²) in [6.07, 6.45) is 2.01. The van der Waals surface area contributed by atoms with Crippen molar-refractivity contribution in [1.29, 1.82) is 0 Å². The van der Waals surface area contributed by atoms with Gasteiger partial charge in [0.2, 0.25) is 5.95 Å². The standard InChI is InChI=1S/C22H23N3/c1-14-8-7-9-15(2)18(14)19-17-12-13-22(3,16-10-5-4-6-11-16)20(17)25-21(23)24-19/h4-11H,12-13H2,1-3H3,(H2,23,24,25). The van der Waals surface area contributed by atoms with Crippen LogP contribution in [0.2, 0.25) is 0 Å². The molecule has 0 bridgehead atoms. The number of nitrogens with zero attached hydrogens (tertiary/aromatic N) is 2. The molecule has 1 heterocycles. The zero-order chi connectivity index (χ0) is 17.6. The van der Waals surface area contributed by atoms with E-state index in [2.05, 4.69) is 74.3 Å². The number of hydrogen-bond donors (Lipinski definition) is 1. The van der Waals surface area contributed by atoms with Gasteiger partial charge in [-0.2, -0.15) is 0 Å². The van der Waals surface area contributed by atoms with Crippen LogP contribution in [0, 0.1) is 13.8 Å². The number of rotatable bonds is 2. The van der Waals surface area contributed by atoms with Gasteiger partial charge in [-0.05, 0) is 50.3 Å². The Balaban J connectivity index is 1.97. The van der Waals surface area contributed by atoms with Gasteiger partial charge in [-0.3, -0.25) is 0 Å². The first-order chi connectivity index (χ1) is 12.0. The molecule has 0 saturated heterocycles. The third-order valence-corrected chi connectivity index (χ3v) is 5.55. The van der Waals surface area contributed by atoms with E-state index in [1.165, 1.54) is 27.8 Å². The van der Waals surface area contributed by atoms with Crippen LogP contribution >= 0.6 is 0 Å². The molecule has 4 rings (SSSR count). The normalized spacial score (nSPS) is 19.0. The van der Waals surface area contributed by atoms with Crippen molar-refractivity contribution in [3.63, 3.8) is 0 Å². The summed E-state index contributed by atoms with van der Waals surface area (Å²) < 4.78 is 0. The van der Waals surface area contributed by atoms with Crippen LogP contribution in [0.15, 0.2) is 48.5 Å². The van der Waals surface area contributed by atoms with E-state index < -0.39 is 0 Å². The van der Waals surface area contributed by atoms with Crippen molar-refractivity contribution in [2.24, 2.45) is 0 Å². The molecule has 3 heteroatoms. The van der Waals surface area contributed by atoms with Gasteiger partial charge in [-0.15, -0.1) is 0 Å². The largest absolute Gasteiger partial charge is 0.368 e. The Morgan fingerprint density at radius 2 is 1.60 bits per heavy atom. The molecule has 1 atom stereocenters. The molecule has 0 radical (unpaired) electrons. The summed E-state index contributed by atoms with van der Waals surface area (Å²) in [6, 6.07) is 17.0. The van der Waals surface area contributed by atoms with Crippen LogP contribution in [0.3, 0.4) is 0 Å². The maximum absolute atomic E-state index is 6.15. The smallest absolute Gasteiger partial charge is 0.220 e. The highest BCUT2D eigenvalue weighted by Crippen LogP contribution is 2.46. The molecular formula is C22H23N3. The van der Waals surface area contributed by atoms with Crippen molar-refractivity contribution >= 4 is 5.95 Å². The van der Waals surface area contributed by atoms with E-state index in [9.17, 15) is 0 Å². The number of anilines is 1. The number of hydrogen-bond acceptors (Lipinski definition) is 3. The predicted octanol–water partition coefficient (Wildman–Crippen LogP) is 4.59. The number of aryl methyl sites for hydroxylation is 2. The van der Waals surface area contributed by atoms with Crippen LogP contribution in [0.5, 0.6) is 0 Å². The molecule has 2 N–H and O–H groups in total. The third-order valence-electron chi connectivity index (χ3n) is 5.55. The second kappa shape index (κ2) is 5.69. The topological polar surface area (TPSA) is 51.8 Å². The van der Waals surface area contributed by atoms with E-state index in [4.69, 9.17) is 10.7 Å². The zero-order valence-corrected chi connectivity index (χ0v) is 15.0. The minimum absolute atomic E-state index is 0.112. The molecule has 3 nitrogen and oxygen atoms in total. The molecule has 1 aromatic heterocycles. The molecule has 1 aliphatic rings. The summed E-state index contributed by atoms with van der Waals surface area (Å²) in [7, 11) is 0. The van der Waals surface area contributed by atoms with E-state index in [0.29, 0.717) is 5.95 Å². The Morgan fingerprint density at radius 1 is 0.920 bits per heavy atom. The SMILES string of the molecule is Cc1cccc(C)c1-c1nc(N)nc2c1CCC2(C)c1ccccc1. The predicted molar refractivity (Wildman–Crippen MR) is 103 cm³/mol. The maximum Gasteiger partial charge on any atom is 0.220 e. The van der Waals surface area contributed by atoms with Crippen LogP contribution in [0.4, 0.5) is 5.95 Å². The molecule has 2 aromatic carbocycles. The van der Waals surface area contributed by atoms with Crippen LogP contribution in [-0.4, -0.2) is 9.97 Å². The molecule has 0 saturated carbocycles. The average molecular weight is 329 g/mol. The molecule has 0 fully saturated rings. The van der Waals surface area contributed by atoms with Gasteiger partial charge in [-0.1, -0.05) is 48.5 Å². The van der Waals surface area contributed by atoms with Gasteiger partial charge in [0.25, 0.3) is 0 Å². The summed E-state index contributed by atoms with van der Waals surface area (Å²) >= 11 is 0. The van der Waals surface area contributed by atoms with Gasteiger partial charge in [0.15, 0.2) is 0 Å². The second-order valence-electron chi connectivity index (χ2n) is 7.22. The van der Waals surface area contributed by atoms with E-state index in [-0.39, 0.29) is 5.41 Å². The molecule has 0 amide bonds. The molecule has 25 heavy (non-hydrogen) atoms. The highest BCUT2D eigenvalue weighted by molar-refractivity contribution is 5.73. The summed E-state index contributed by atoms with van der Waals surface area (Å²) in [5, 5.41) is 0. The van der Waals surface area contributed by atoms with Crippen molar-refractivity contribution in [2.45, 2.75) is 39.0 Å². The van der Waals surface area contributed by atoms with Gasteiger partial charge in [0.1, 0.15) is 0 Å².